The van der Waals surface area contributed by atoms with E-state index < -0.39 is 6.10 Å². The molecule has 4 nitrogen and oxygen atoms in total. The van der Waals surface area contributed by atoms with Gasteiger partial charge in [-0.05, 0) is 49.8 Å². The van der Waals surface area contributed by atoms with Crippen molar-refractivity contribution in [2.45, 2.75) is 44.8 Å². The lowest BCUT2D eigenvalue weighted by Gasteiger charge is -2.27. The van der Waals surface area contributed by atoms with E-state index in [-0.39, 0.29) is 6.61 Å². The van der Waals surface area contributed by atoms with Crippen LogP contribution < -0.4 is 10.1 Å². The van der Waals surface area contributed by atoms with Crippen LogP contribution in [-0.4, -0.2) is 30.4 Å². The fraction of sp³-hybridized carbons (Fsp3) is 0.588. The van der Waals surface area contributed by atoms with Crippen molar-refractivity contribution < 1.29 is 9.84 Å². The first kappa shape index (κ1) is 15.8. The van der Waals surface area contributed by atoms with Crippen molar-refractivity contribution in [3.8, 4) is 11.8 Å². The number of hydrogen-bond acceptors (Lipinski definition) is 4. The zero-order chi connectivity index (χ0) is 15.1. The van der Waals surface area contributed by atoms with Crippen LogP contribution in [0.5, 0.6) is 5.75 Å². The Hall–Kier alpha value is -1.57. The molecule has 1 unspecified atom stereocenters. The molecule has 4 heteroatoms. The van der Waals surface area contributed by atoms with Crippen molar-refractivity contribution in [1.29, 1.82) is 5.26 Å². The molecule has 2 N–H and O–H groups in total. The van der Waals surface area contributed by atoms with Crippen molar-refractivity contribution in [3.63, 3.8) is 0 Å². The van der Waals surface area contributed by atoms with Crippen LogP contribution in [0, 0.1) is 17.2 Å². The van der Waals surface area contributed by atoms with E-state index in [0.717, 1.165) is 5.92 Å². The fourth-order valence-electron chi connectivity index (χ4n) is 2.67. The molecule has 0 aliphatic heterocycles. The molecular formula is C17H24N2O2. The summed E-state index contributed by atoms with van der Waals surface area (Å²) in [6, 6.07) is 9.59. The lowest BCUT2D eigenvalue weighted by atomic mass is 9.87. The van der Waals surface area contributed by atoms with Crippen LogP contribution in [0.25, 0.3) is 0 Å². The van der Waals surface area contributed by atoms with Gasteiger partial charge >= 0.3 is 0 Å². The molecule has 1 aliphatic rings. The third-order valence-electron chi connectivity index (χ3n) is 4.06. The Labute approximate surface area is 126 Å². The topological polar surface area (TPSA) is 65.3 Å². The smallest absolute Gasteiger partial charge is 0.120 e. The molecule has 21 heavy (non-hydrogen) atoms. The van der Waals surface area contributed by atoms with Gasteiger partial charge in [-0.3, -0.25) is 0 Å². The summed E-state index contributed by atoms with van der Waals surface area (Å²) < 4.78 is 5.53. The number of nitriles is 1. The van der Waals surface area contributed by atoms with Gasteiger partial charge in [-0.15, -0.1) is 0 Å². The number of hydrogen-bond donors (Lipinski definition) is 2. The second-order valence-corrected chi connectivity index (χ2v) is 5.97. The molecule has 114 valence electrons. The van der Waals surface area contributed by atoms with E-state index in [1.54, 1.807) is 24.3 Å². The third kappa shape index (κ3) is 5.37. The lowest BCUT2D eigenvalue weighted by molar-refractivity contribution is 0.101. The highest BCUT2D eigenvalue weighted by atomic mass is 16.5. The number of rotatable bonds is 6. The molecule has 0 heterocycles. The number of ether oxygens (including phenoxy) is 1. The van der Waals surface area contributed by atoms with Gasteiger partial charge in [0.15, 0.2) is 0 Å². The summed E-state index contributed by atoms with van der Waals surface area (Å²) in [5.41, 5.74) is 0.566. The second kappa shape index (κ2) is 8.02. The third-order valence-corrected chi connectivity index (χ3v) is 4.06. The predicted octanol–water partition coefficient (Wildman–Crippen LogP) is 2.47. The summed E-state index contributed by atoms with van der Waals surface area (Å²) in [7, 11) is 0. The van der Waals surface area contributed by atoms with Crippen molar-refractivity contribution in [1.82, 2.24) is 5.32 Å². The number of aliphatic hydroxyl groups is 1. The molecule has 0 radical (unpaired) electrons. The highest BCUT2D eigenvalue weighted by Gasteiger charge is 2.18. The summed E-state index contributed by atoms with van der Waals surface area (Å²) in [5.74, 6) is 1.46. The van der Waals surface area contributed by atoms with E-state index in [0.29, 0.717) is 23.9 Å². The lowest BCUT2D eigenvalue weighted by Crippen LogP contribution is -2.39. The van der Waals surface area contributed by atoms with E-state index in [1.807, 2.05) is 0 Å². The Morgan fingerprint density at radius 2 is 2.14 bits per heavy atom. The van der Waals surface area contributed by atoms with E-state index in [2.05, 4.69) is 18.3 Å². The maximum absolute atomic E-state index is 9.97. The minimum Gasteiger partial charge on any atom is -0.491 e. The van der Waals surface area contributed by atoms with Crippen molar-refractivity contribution in [2.24, 2.45) is 5.92 Å². The molecule has 1 aromatic carbocycles. The van der Waals surface area contributed by atoms with Gasteiger partial charge in [-0.2, -0.15) is 5.26 Å². The number of nitrogens with zero attached hydrogens (tertiary/aromatic N) is 1. The summed E-state index contributed by atoms with van der Waals surface area (Å²) in [4.78, 5) is 0. The molecule has 1 atom stereocenters. The highest BCUT2D eigenvalue weighted by Crippen LogP contribution is 2.23. The first-order valence-corrected chi connectivity index (χ1v) is 7.72. The van der Waals surface area contributed by atoms with Gasteiger partial charge in [0.1, 0.15) is 18.5 Å². The second-order valence-electron chi connectivity index (χ2n) is 5.97. The van der Waals surface area contributed by atoms with Crippen LogP contribution in [-0.2, 0) is 0 Å². The van der Waals surface area contributed by atoms with Crippen LogP contribution in [0.15, 0.2) is 24.3 Å². The van der Waals surface area contributed by atoms with Gasteiger partial charge in [-0.1, -0.05) is 13.0 Å². The minimum absolute atomic E-state index is 0.241. The molecule has 1 aromatic rings. The Morgan fingerprint density at radius 1 is 1.38 bits per heavy atom. The van der Waals surface area contributed by atoms with Crippen LogP contribution in [0.2, 0.25) is 0 Å². The molecule has 0 saturated heterocycles. The molecule has 1 fully saturated rings. The highest BCUT2D eigenvalue weighted by molar-refractivity contribution is 5.36. The van der Waals surface area contributed by atoms with E-state index in [1.165, 1.54) is 25.7 Å². The first-order valence-electron chi connectivity index (χ1n) is 7.72. The summed E-state index contributed by atoms with van der Waals surface area (Å²) in [5, 5.41) is 22.2. The standard InChI is InChI=1S/C17H24N2O2/c1-13-5-7-15(8-6-13)19-11-16(20)12-21-17-4-2-3-14(9-17)10-18/h2-4,9,13,15-16,19-20H,5-8,11-12H2,1H3. The summed E-state index contributed by atoms with van der Waals surface area (Å²) >= 11 is 0. The van der Waals surface area contributed by atoms with Gasteiger partial charge in [-0.25, -0.2) is 0 Å². The predicted molar refractivity (Wildman–Crippen MR) is 82.1 cm³/mol. The first-order chi connectivity index (χ1) is 10.2. The van der Waals surface area contributed by atoms with E-state index in [9.17, 15) is 5.11 Å². The van der Waals surface area contributed by atoms with Crippen molar-refractivity contribution in [3.05, 3.63) is 29.8 Å². The summed E-state index contributed by atoms with van der Waals surface area (Å²) in [6.07, 6.45) is 4.39. The van der Waals surface area contributed by atoms with Gasteiger partial charge in [0.2, 0.25) is 0 Å². The molecule has 0 amide bonds. The van der Waals surface area contributed by atoms with Gasteiger partial charge in [0.05, 0.1) is 11.6 Å². The monoisotopic (exact) mass is 288 g/mol. The largest absolute Gasteiger partial charge is 0.491 e. The Morgan fingerprint density at radius 3 is 2.86 bits per heavy atom. The number of aliphatic hydroxyl groups excluding tert-OH is 1. The quantitative estimate of drug-likeness (QED) is 0.844. The minimum atomic E-state index is -0.532. The molecule has 2 rings (SSSR count). The number of benzene rings is 1. The Bertz CT molecular complexity index is 476. The molecule has 0 spiro atoms. The van der Waals surface area contributed by atoms with Gasteiger partial charge in [0.25, 0.3) is 0 Å². The molecular weight excluding hydrogens is 264 g/mol. The van der Waals surface area contributed by atoms with Crippen LogP contribution in [0.1, 0.15) is 38.2 Å². The zero-order valence-corrected chi connectivity index (χ0v) is 12.6. The van der Waals surface area contributed by atoms with Crippen LogP contribution >= 0.6 is 0 Å². The maximum atomic E-state index is 9.97. The van der Waals surface area contributed by atoms with Gasteiger partial charge in [0, 0.05) is 12.6 Å². The normalized spacial score (nSPS) is 23.3. The number of nitrogens with one attached hydrogen (secondary N) is 1. The molecule has 0 bridgehead atoms. The van der Waals surface area contributed by atoms with Crippen molar-refractivity contribution in [2.75, 3.05) is 13.2 Å². The Balaban J connectivity index is 1.67. The molecule has 1 saturated carbocycles. The average molecular weight is 288 g/mol. The molecule has 1 aliphatic carbocycles. The summed E-state index contributed by atoms with van der Waals surface area (Å²) in [6.45, 7) is 3.09. The van der Waals surface area contributed by atoms with Crippen LogP contribution in [0.3, 0.4) is 0 Å². The van der Waals surface area contributed by atoms with E-state index >= 15 is 0 Å². The Kier molecular flexibility index (Phi) is 6.04. The van der Waals surface area contributed by atoms with E-state index in [4.69, 9.17) is 10.00 Å². The van der Waals surface area contributed by atoms with Gasteiger partial charge < -0.3 is 15.2 Å². The maximum Gasteiger partial charge on any atom is 0.120 e. The van der Waals surface area contributed by atoms with Crippen molar-refractivity contribution >= 4 is 0 Å². The fourth-order valence-corrected chi connectivity index (χ4v) is 2.67. The zero-order valence-electron chi connectivity index (χ0n) is 12.6. The average Bonchev–Trinajstić information content (AvgIpc) is 2.52. The molecule has 0 aromatic heterocycles. The van der Waals surface area contributed by atoms with Crippen LogP contribution in [0.4, 0.5) is 0 Å². The SMILES string of the molecule is CC1CCC(NCC(O)COc2cccc(C#N)c2)CC1.